The Morgan fingerprint density at radius 3 is 2.71 bits per heavy atom. The Morgan fingerprint density at radius 2 is 1.95 bits per heavy atom. The minimum Gasteiger partial charge on any atom is -0.388 e. The Kier molecular flexibility index (Phi) is 4.34. The van der Waals surface area contributed by atoms with Crippen LogP contribution in [0.15, 0.2) is 36.5 Å². The Hall–Kier alpha value is -1.68. The average Bonchev–Trinajstić information content (AvgIpc) is 2.97. The van der Waals surface area contributed by atoms with E-state index in [1.165, 1.54) is 38.2 Å². The first-order chi connectivity index (χ1) is 10.2. The Bertz CT molecular complexity index is 590. The topological polar surface area (TPSA) is 38.0 Å². The lowest BCUT2D eigenvalue weighted by Crippen LogP contribution is -2.14. The van der Waals surface area contributed by atoms with Crippen molar-refractivity contribution in [2.24, 2.45) is 0 Å². The summed E-state index contributed by atoms with van der Waals surface area (Å²) >= 11 is 0. The lowest BCUT2D eigenvalue weighted by molar-refractivity contribution is 0.172. The van der Waals surface area contributed by atoms with Crippen LogP contribution < -0.4 is 0 Å². The van der Waals surface area contributed by atoms with E-state index in [1.54, 1.807) is 18.2 Å². The van der Waals surface area contributed by atoms with Gasteiger partial charge in [-0.25, -0.2) is 4.39 Å². The summed E-state index contributed by atoms with van der Waals surface area (Å²) in [5.41, 5.74) is 1.15. The van der Waals surface area contributed by atoms with E-state index in [-0.39, 0.29) is 5.82 Å². The van der Waals surface area contributed by atoms with Crippen LogP contribution in [0.3, 0.4) is 0 Å². The summed E-state index contributed by atoms with van der Waals surface area (Å²) < 4.78 is 15.7. The molecule has 112 valence electrons. The molecule has 3 nitrogen and oxygen atoms in total. The molecule has 3 rings (SSSR count). The molecule has 1 saturated carbocycles. The summed E-state index contributed by atoms with van der Waals surface area (Å²) in [5.74, 6) is -0.364. The second-order valence-corrected chi connectivity index (χ2v) is 5.82. The van der Waals surface area contributed by atoms with E-state index >= 15 is 0 Å². The van der Waals surface area contributed by atoms with Crippen molar-refractivity contribution in [2.45, 2.75) is 50.7 Å². The van der Waals surface area contributed by atoms with Crippen molar-refractivity contribution in [3.8, 4) is 0 Å². The second kappa shape index (κ2) is 6.39. The summed E-state index contributed by atoms with van der Waals surface area (Å²) in [6, 6.07) is 8.78. The van der Waals surface area contributed by atoms with Crippen molar-refractivity contribution in [3.63, 3.8) is 0 Å². The third kappa shape index (κ3) is 3.32. The Balaban J connectivity index is 1.68. The molecular weight excluding hydrogens is 267 g/mol. The van der Waals surface area contributed by atoms with Crippen LogP contribution in [0.25, 0.3) is 0 Å². The molecule has 0 amide bonds. The van der Waals surface area contributed by atoms with Crippen LogP contribution >= 0.6 is 0 Å². The fourth-order valence-corrected chi connectivity index (χ4v) is 3.09. The molecular formula is C17H21FN2O. The number of rotatable bonds is 4. The molecule has 1 aliphatic rings. The second-order valence-electron chi connectivity index (χ2n) is 5.82. The zero-order valence-electron chi connectivity index (χ0n) is 12.1. The zero-order valence-corrected chi connectivity index (χ0v) is 12.1. The largest absolute Gasteiger partial charge is 0.388 e. The highest BCUT2D eigenvalue weighted by molar-refractivity contribution is 5.21. The number of hydrogen-bond acceptors (Lipinski definition) is 2. The monoisotopic (exact) mass is 288 g/mol. The lowest BCUT2D eigenvalue weighted by atomic mass is 9.96. The molecule has 21 heavy (non-hydrogen) atoms. The normalized spacial score (nSPS) is 17.8. The van der Waals surface area contributed by atoms with Gasteiger partial charge in [-0.15, -0.1) is 0 Å². The number of hydrogen-bond donors (Lipinski definition) is 1. The maximum absolute atomic E-state index is 13.7. The van der Waals surface area contributed by atoms with Crippen molar-refractivity contribution >= 4 is 0 Å². The van der Waals surface area contributed by atoms with Gasteiger partial charge in [0.1, 0.15) is 5.82 Å². The van der Waals surface area contributed by atoms with Crippen LogP contribution in [-0.4, -0.2) is 14.9 Å². The van der Waals surface area contributed by atoms with E-state index in [2.05, 4.69) is 5.10 Å². The van der Waals surface area contributed by atoms with Gasteiger partial charge in [-0.2, -0.15) is 5.10 Å². The first kappa shape index (κ1) is 14.3. The SMILES string of the molecule is OC(Cc1ccn(C2CCCCC2)n1)c1ccccc1F. The van der Waals surface area contributed by atoms with E-state index in [0.717, 1.165) is 5.69 Å². The van der Waals surface area contributed by atoms with Crippen molar-refractivity contribution < 1.29 is 9.50 Å². The zero-order chi connectivity index (χ0) is 14.7. The molecule has 4 heteroatoms. The van der Waals surface area contributed by atoms with Crippen molar-refractivity contribution in [2.75, 3.05) is 0 Å². The highest BCUT2D eigenvalue weighted by Crippen LogP contribution is 2.28. The number of aliphatic hydroxyl groups excluding tert-OH is 1. The predicted molar refractivity (Wildman–Crippen MR) is 79.4 cm³/mol. The molecule has 0 radical (unpaired) electrons. The first-order valence-corrected chi connectivity index (χ1v) is 7.70. The fourth-order valence-electron chi connectivity index (χ4n) is 3.09. The van der Waals surface area contributed by atoms with Crippen molar-refractivity contribution in [3.05, 3.63) is 53.6 Å². The molecule has 1 N–H and O–H groups in total. The summed E-state index contributed by atoms with van der Waals surface area (Å²) in [7, 11) is 0. The van der Waals surface area contributed by atoms with Crippen LogP contribution in [0, 0.1) is 5.82 Å². The van der Waals surface area contributed by atoms with Crippen LogP contribution in [0.1, 0.15) is 55.5 Å². The number of halogens is 1. The van der Waals surface area contributed by atoms with Gasteiger partial charge in [0.25, 0.3) is 0 Å². The molecule has 1 atom stereocenters. The third-order valence-corrected chi connectivity index (χ3v) is 4.28. The van der Waals surface area contributed by atoms with Crippen LogP contribution in [0.4, 0.5) is 4.39 Å². The van der Waals surface area contributed by atoms with Crippen LogP contribution in [-0.2, 0) is 6.42 Å². The number of benzene rings is 1. The van der Waals surface area contributed by atoms with Crippen molar-refractivity contribution in [1.29, 1.82) is 0 Å². The van der Waals surface area contributed by atoms with Gasteiger partial charge < -0.3 is 5.11 Å². The Morgan fingerprint density at radius 1 is 1.19 bits per heavy atom. The van der Waals surface area contributed by atoms with Gasteiger partial charge in [0.05, 0.1) is 17.8 Å². The van der Waals surface area contributed by atoms with Gasteiger partial charge >= 0.3 is 0 Å². The van der Waals surface area contributed by atoms with E-state index in [4.69, 9.17) is 0 Å². The van der Waals surface area contributed by atoms with Gasteiger partial charge in [-0.1, -0.05) is 37.5 Å². The summed E-state index contributed by atoms with van der Waals surface area (Å²) in [6.45, 7) is 0. The molecule has 1 heterocycles. The van der Waals surface area contributed by atoms with Gasteiger partial charge in [0.2, 0.25) is 0 Å². The maximum Gasteiger partial charge on any atom is 0.129 e. The van der Waals surface area contributed by atoms with E-state index in [0.29, 0.717) is 18.0 Å². The molecule has 1 aromatic carbocycles. The van der Waals surface area contributed by atoms with E-state index in [9.17, 15) is 9.50 Å². The highest BCUT2D eigenvalue weighted by Gasteiger charge is 2.18. The smallest absolute Gasteiger partial charge is 0.129 e. The molecule has 2 aromatic rings. The number of aliphatic hydroxyl groups is 1. The predicted octanol–water partition coefficient (Wildman–Crippen LogP) is 3.80. The molecule has 1 fully saturated rings. The maximum atomic E-state index is 13.7. The highest BCUT2D eigenvalue weighted by atomic mass is 19.1. The van der Waals surface area contributed by atoms with E-state index < -0.39 is 6.10 Å². The van der Waals surface area contributed by atoms with Gasteiger partial charge in [-0.3, -0.25) is 4.68 Å². The molecule has 0 aliphatic heterocycles. The first-order valence-electron chi connectivity index (χ1n) is 7.70. The third-order valence-electron chi connectivity index (χ3n) is 4.28. The van der Waals surface area contributed by atoms with Crippen LogP contribution in [0.5, 0.6) is 0 Å². The fraction of sp³-hybridized carbons (Fsp3) is 0.471. The summed E-state index contributed by atoms with van der Waals surface area (Å²) in [6.07, 6.45) is 7.68. The van der Waals surface area contributed by atoms with Gasteiger partial charge in [0, 0.05) is 18.2 Å². The summed E-state index contributed by atoms with van der Waals surface area (Å²) in [4.78, 5) is 0. The van der Waals surface area contributed by atoms with Gasteiger partial charge in [-0.05, 0) is 25.0 Å². The average molecular weight is 288 g/mol. The summed E-state index contributed by atoms with van der Waals surface area (Å²) in [5, 5.41) is 14.7. The van der Waals surface area contributed by atoms with E-state index in [1.807, 2.05) is 16.9 Å². The standard InChI is InChI=1S/C17H21FN2O/c18-16-9-5-4-8-15(16)17(21)12-13-10-11-20(19-13)14-6-2-1-3-7-14/h4-5,8-11,14,17,21H,1-3,6-7,12H2. The quantitative estimate of drug-likeness (QED) is 0.929. The van der Waals surface area contributed by atoms with Gasteiger partial charge in [0.15, 0.2) is 0 Å². The number of nitrogens with zero attached hydrogens (tertiary/aromatic N) is 2. The minimum absolute atomic E-state index is 0.338. The van der Waals surface area contributed by atoms with Crippen LogP contribution in [0.2, 0.25) is 0 Å². The minimum atomic E-state index is -0.846. The molecule has 0 spiro atoms. The molecule has 0 bridgehead atoms. The van der Waals surface area contributed by atoms with Crippen molar-refractivity contribution in [1.82, 2.24) is 9.78 Å². The number of aromatic nitrogens is 2. The Labute approximate surface area is 124 Å². The molecule has 1 aromatic heterocycles. The molecule has 0 saturated heterocycles. The molecule has 1 aliphatic carbocycles. The lowest BCUT2D eigenvalue weighted by Gasteiger charge is -2.21. The molecule has 1 unspecified atom stereocenters.